The lowest BCUT2D eigenvalue weighted by atomic mass is 9.97. The Labute approximate surface area is 255 Å². The number of allylic oxidation sites excluding steroid dienone is 2. The fraction of sp³-hybridized carbons (Fsp3) is 0.857. The molecule has 0 radical (unpaired) electrons. The van der Waals surface area contributed by atoms with E-state index in [4.69, 9.17) is 28.4 Å². The summed E-state index contributed by atoms with van der Waals surface area (Å²) in [5, 5.41) is 103. The molecule has 0 aromatic carbocycles. The molecule has 16 heteroatoms. The molecule has 3 aliphatic rings. The third kappa shape index (κ3) is 8.21. The second-order valence-corrected chi connectivity index (χ2v) is 11.9. The van der Waals surface area contributed by atoms with Crippen LogP contribution in [0.25, 0.3) is 0 Å². The zero-order chi connectivity index (χ0) is 33.0. The molecule has 0 amide bonds. The van der Waals surface area contributed by atoms with E-state index in [1.54, 1.807) is 13.0 Å². The van der Waals surface area contributed by atoms with Gasteiger partial charge in [0.1, 0.15) is 73.8 Å². The predicted molar refractivity (Wildman–Crippen MR) is 147 cm³/mol. The van der Waals surface area contributed by atoms with E-state index in [1.165, 1.54) is 0 Å². The Kier molecular flexibility index (Phi) is 13.2. The summed E-state index contributed by atoms with van der Waals surface area (Å²) >= 11 is 0. The van der Waals surface area contributed by atoms with Gasteiger partial charge in [0.2, 0.25) is 5.79 Å². The largest absolute Gasteiger partial charge is 0.394 e. The second kappa shape index (κ2) is 15.6. The van der Waals surface area contributed by atoms with Gasteiger partial charge in [-0.05, 0) is 33.6 Å². The lowest BCUT2D eigenvalue weighted by Gasteiger charge is -2.44. The highest BCUT2D eigenvalue weighted by Crippen LogP contribution is 2.36. The molecule has 1 unspecified atom stereocenters. The molecular formula is C28H48O16. The zero-order valence-corrected chi connectivity index (χ0v) is 25.0. The summed E-state index contributed by atoms with van der Waals surface area (Å²) in [5.41, 5.74) is 0.340. The molecule has 0 aliphatic carbocycles. The lowest BCUT2D eigenvalue weighted by molar-refractivity contribution is -0.388. The van der Waals surface area contributed by atoms with Crippen LogP contribution in [-0.4, -0.2) is 169 Å². The molecule has 3 aliphatic heterocycles. The summed E-state index contributed by atoms with van der Waals surface area (Å²) in [5.74, 6) is -2.37. The first-order valence-electron chi connectivity index (χ1n) is 14.5. The number of aliphatic hydroxyl groups excluding tert-OH is 10. The topological polar surface area (TPSA) is 258 Å². The monoisotopic (exact) mass is 640 g/mol. The highest BCUT2D eigenvalue weighted by Gasteiger charge is 2.58. The number of aliphatic hydroxyl groups is 10. The molecule has 0 aromatic rings. The molecule has 0 saturated carbocycles. The summed E-state index contributed by atoms with van der Waals surface area (Å²) in [4.78, 5) is 0. The molecular weight excluding hydrogens is 592 g/mol. The maximum absolute atomic E-state index is 10.5. The van der Waals surface area contributed by atoms with E-state index in [9.17, 15) is 51.1 Å². The van der Waals surface area contributed by atoms with Crippen molar-refractivity contribution in [1.82, 2.24) is 0 Å². The molecule has 3 saturated heterocycles. The molecule has 15 atom stereocenters. The van der Waals surface area contributed by atoms with Crippen LogP contribution in [0, 0.1) is 0 Å². The third-order valence-electron chi connectivity index (χ3n) is 8.19. The van der Waals surface area contributed by atoms with Crippen molar-refractivity contribution < 1.29 is 79.5 Å². The Bertz CT molecular complexity index is 949. The number of rotatable bonds is 14. The molecule has 10 N–H and O–H groups in total. The highest BCUT2D eigenvalue weighted by molar-refractivity contribution is 5.01. The molecule has 44 heavy (non-hydrogen) atoms. The van der Waals surface area contributed by atoms with Crippen LogP contribution >= 0.6 is 0 Å². The molecule has 3 heterocycles. The fourth-order valence-corrected chi connectivity index (χ4v) is 5.15. The van der Waals surface area contributed by atoms with Gasteiger partial charge < -0.3 is 79.5 Å². The summed E-state index contributed by atoms with van der Waals surface area (Å²) < 4.78 is 33.5. The van der Waals surface area contributed by atoms with Gasteiger partial charge >= 0.3 is 0 Å². The number of ether oxygens (including phenoxy) is 6. The van der Waals surface area contributed by atoms with Crippen LogP contribution in [0.3, 0.4) is 0 Å². The standard InChI is InChI=1S/C28H48O16/c1-5-27(4,8-6-7-13(2)3)40-11-16-18(32)20(34)22(36)25(41-16)39-10-15-17(31)21(35)23(37)26(42-15)44-28(12-30)24(38)19(33)14(9-29)43-28/h5,7,14-26,29-38H,1,6,8-12H2,2-4H3/t14-,15-,16-,17-,18+,19-,20+,21+,22-,23-,24+,25-,26-,27?,28+/m1/s1. The van der Waals surface area contributed by atoms with Crippen LogP contribution < -0.4 is 0 Å². The molecule has 0 aromatic heterocycles. The molecule has 256 valence electrons. The fourth-order valence-electron chi connectivity index (χ4n) is 5.15. The Balaban J connectivity index is 1.66. The van der Waals surface area contributed by atoms with Crippen LogP contribution in [0.5, 0.6) is 0 Å². The van der Waals surface area contributed by atoms with E-state index in [-0.39, 0.29) is 6.61 Å². The van der Waals surface area contributed by atoms with Crippen molar-refractivity contribution in [2.75, 3.05) is 26.4 Å². The molecule has 0 spiro atoms. The summed E-state index contributed by atoms with van der Waals surface area (Å²) in [6.07, 6.45) is -16.7. The Morgan fingerprint density at radius 2 is 1.36 bits per heavy atom. The van der Waals surface area contributed by atoms with Gasteiger partial charge in [-0.25, -0.2) is 0 Å². The summed E-state index contributed by atoms with van der Waals surface area (Å²) in [6, 6.07) is 0. The molecule has 16 nitrogen and oxygen atoms in total. The van der Waals surface area contributed by atoms with Crippen molar-refractivity contribution in [3.05, 3.63) is 24.3 Å². The second-order valence-electron chi connectivity index (χ2n) is 11.9. The first-order valence-corrected chi connectivity index (χ1v) is 14.5. The SMILES string of the molecule is C=CC(C)(CCC=C(C)C)OC[C@H]1O[C@@H](OC[C@H]2O[C@H](O[C@]3(CO)O[C@H](CO)[C@@H](O)[C@@H]3O)[C@H](O)[C@@H](O)[C@@H]2O)[C@H](O)[C@@H](O)[C@H]1O. The minimum atomic E-state index is -2.37. The Morgan fingerprint density at radius 1 is 0.795 bits per heavy atom. The minimum absolute atomic E-state index is 0.211. The van der Waals surface area contributed by atoms with E-state index < -0.39 is 111 Å². The van der Waals surface area contributed by atoms with Gasteiger partial charge in [0.05, 0.1) is 25.4 Å². The first-order chi connectivity index (χ1) is 20.6. The number of hydrogen-bond donors (Lipinski definition) is 10. The number of hydrogen-bond acceptors (Lipinski definition) is 16. The normalized spacial score (nSPS) is 44.2. The van der Waals surface area contributed by atoms with Crippen molar-refractivity contribution in [2.24, 2.45) is 0 Å². The van der Waals surface area contributed by atoms with E-state index in [0.29, 0.717) is 12.8 Å². The van der Waals surface area contributed by atoms with E-state index in [1.807, 2.05) is 19.9 Å². The van der Waals surface area contributed by atoms with Crippen molar-refractivity contribution in [3.8, 4) is 0 Å². The van der Waals surface area contributed by atoms with Crippen molar-refractivity contribution in [1.29, 1.82) is 0 Å². The Morgan fingerprint density at radius 3 is 1.89 bits per heavy atom. The minimum Gasteiger partial charge on any atom is -0.394 e. The predicted octanol–water partition coefficient (Wildman–Crippen LogP) is -3.86. The van der Waals surface area contributed by atoms with Crippen molar-refractivity contribution in [3.63, 3.8) is 0 Å². The van der Waals surface area contributed by atoms with E-state index in [0.717, 1.165) is 5.57 Å². The quantitative estimate of drug-likeness (QED) is 0.0815. The maximum Gasteiger partial charge on any atom is 0.224 e. The molecule has 3 rings (SSSR count). The van der Waals surface area contributed by atoms with Gasteiger partial charge in [-0.15, -0.1) is 6.58 Å². The average molecular weight is 641 g/mol. The van der Waals surface area contributed by atoms with Gasteiger partial charge in [-0.1, -0.05) is 17.7 Å². The first kappa shape index (κ1) is 37.3. The van der Waals surface area contributed by atoms with Crippen LogP contribution in [0.1, 0.15) is 33.6 Å². The van der Waals surface area contributed by atoms with Gasteiger partial charge in [0.15, 0.2) is 12.6 Å². The maximum atomic E-state index is 10.5. The smallest absolute Gasteiger partial charge is 0.224 e. The van der Waals surface area contributed by atoms with Gasteiger partial charge in [0.25, 0.3) is 0 Å². The van der Waals surface area contributed by atoms with Crippen LogP contribution in [0.15, 0.2) is 24.3 Å². The summed E-state index contributed by atoms with van der Waals surface area (Å²) in [6.45, 7) is 6.92. The van der Waals surface area contributed by atoms with Crippen LogP contribution in [0.4, 0.5) is 0 Å². The van der Waals surface area contributed by atoms with E-state index >= 15 is 0 Å². The zero-order valence-electron chi connectivity index (χ0n) is 25.0. The Hall–Kier alpha value is -1.16. The van der Waals surface area contributed by atoms with Crippen LogP contribution in [-0.2, 0) is 28.4 Å². The van der Waals surface area contributed by atoms with E-state index in [2.05, 4.69) is 6.58 Å². The lowest BCUT2D eigenvalue weighted by Crippen LogP contribution is -2.63. The molecule has 3 fully saturated rings. The highest BCUT2D eigenvalue weighted by atomic mass is 16.8. The summed E-state index contributed by atoms with van der Waals surface area (Å²) in [7, 11) is 0. The van der Waals surface area contributed by atoms with Crippen molar-refractivity contribution >= 4 is 0 Å². The van der Waals surface area contributed by atoms with Gasteiger partial charge in [-0.3, -0.25) is 0 Å². The molecule has 0 bridgehead atoms. The van der Waals surface area contributed by atoms with Gasteiger partial charge in [0, 0.05) is 0 Å². The third-order valence-corrected chi connectivity index (χ3v) is 8.19. The van der Waals surface area contributed by atoms with Crippen LogP contribution in [0.2, 0.25) is 0 Å². The van der Waals surface area contributed by atoms with Crippen molar-refractivity contribution in [2.45, 2.75) is 125 Å². The van der Waals surface area contributed by atoms with Gasteiger partial charge in [-0.2, -0.15) is 0 Å². The average Bonchev–Trinajstić information content (AvgIpc) is 3.24.